The van der Waals surface area contributed by atoms with Gasteiger partial charge in [-0.05, 0) is 29.8 Å². The number of amides is 2. The molecule has 25 heavy (non-hydrogen) atoms. The maximum absolute atomic E-state index is 12.9. The number of hydrogen-bond donors (Lipinski definition) is 1. The molecule has 1 aromatic heterocycles. The fourth-order valence-electron chi connectivity index (χ4n) is 2.66. The van der Waals surface area contributed by atoms with E-state index in [1.165, 1.54) is 12.1 Å². The molecule has 0 radical (unpaired) electrons. The SMILES string of the molecule is O=CN1CCN(C(=O)c2cc(NCc3ccc(F)cc3)ccn2)CC1. The van der Waals surface area contributed by atoms with Crippen LogP contribution in [0, 0.1) is 5.82 Å². The van der Waals surface area contributed by atoms with Gasteiger partial charge in [0.25, 0.3) is 5.91 Å². The maximum Gasteiger partial charge on any atom is 0.272 e. The smallest absolute Gasteiger partial charge is 0.272 e. The van der Waals surface area contributed by atoms with Gasteiger partial charge in [0.05, 0.1) is 0 Å². The Morgan fingerprint density at radius 3 is 2.56 bits per heavy atom. The number of carbonyl (C=O) groups excluding carboxylic acids is 2. The molecule has 1 saturated heterocycles. The molecule has 1 fully saturated rings. The summed E-state index contributed by atoms with van der Waals surface area (Å²) in [4.78, 5) is 30.8. The number of nitrogens with one attached hydrogen (secondary N) is 1. The number of halogens is 1. The van der Waals surface area contributed by atoms with Crippen molar-refractivity contribution in [2.45, 2.75) is 6.54 Å². The second-order valence-corrected chi connectivity index (χ2v) is 5.84. The predicted molar refractivity (Wildman–Crippen MR) is 91.5 cm³/mol. The molecule has 2 amide bonds. The summed E-state index contributed by atoms with van der Waals surface area (Å²) in [5.41, 5.74) is 2.08. The molecule has 2 heterocycles. The Morgan fingerprint density at radius 2 is 1.88 bits per heavy atom. The predicted octanol–water partition coefficient (Wildman–Crippen LogP) is 1.75. The van der Waals surface area contributed by atoms with Crippen molar-refractivity contribution in [3.05, 3.63) is 59.7 Å². The highest BCUT2D eigenvalue weighted by molar-refractivity contribution is 5.93. The van der Waals surface area contributed by atoms with Gasteiger partial charge in [0.1, 0.15) is 11.5 Å². The van der Waals surface area contributed by atoms with Crippen molar-refractivity contribution in [1.29, 1.82) is 0 Å². The molecule has 0 atom stereocenters. The monoisotopic (exact) mass is 342 g/mol. The lowest BCUT2D eigenvalue weighted by Gasteiger charge is -2.32. The summed E-state index contributed by atoms with van der Waals surface area (Å²) in [7, 11) is 0. The molecule has 0 saturated carbocycles. The molecule has 0 unspecified atom stereocenters. The third-order valence-corrected chi connectivity index (χ3v) is 4.14. The minimum absolute atomic E-state index is 0.143. The highest BCUT2D eigenvalue weighted by atomic mass is 19.1. The van der Waals surface area contributed by atoms with Crippen LogP contribution in [-0.4, -0.2) is 53.3 Å². The van der Waals surface area contributed by atoms with Gasteiger partial charge < -0.3 is 15.1 Å². The Bertz CT molecular complexity index is 743. The topological polar surface area (TPSA) is 65.5 Å². The van der Waals surface area contributed by atoms with Gasteiger partial charge in [-0.3, -0.25) is 14.6 Å². The van der Waals surface area contributed by atoms with Crippen molar-refractivity contribution in [2.24, 2.45) is 0 Å². The van der Waals surface area contributed by atoms with Gasteiger partial charge in [-0.25, -0.2) is 4.39 Å². The van der Waals surface area contributed by atoms with Gasteiger partial charge in [-0.2, -0.15) is 0 Å². The molecule has 0 spiro atoms. The number of rotatable bonds is 5. The van der Waals surface area contributed by atoms with Crippen LogP contribution in [0.4, 0.5) is 10.1 Å². The zero-order chi connectivity index (χ0) is 17.6. The summed E-state index contributed by atoms with van der Waals surface area (Å²) in [6.07, 6.45) is 2.39. The van der Waals surface area contributed by atoms with Crippen molar-refractivity contribution in [1.82, 2.24) is 14.8 Å². The van der Waals surface area contributed by atoms with Gasteiger partial charge in [0.15, 0.2) is 0 Å². The van der Waals surface area contributed by atoms with Crippen LogP contribution < -0.4 is 5.32 Å². The molecule has 1 N–H and O–H groups in total. The van der Waals surface area contributed by atoms with E-state index in [0.717, 1.165) is 17.7 Å². The van der Waals surface area contributed by atoms with Crippen molar-refractivity contribution in [3.8, 4) is 0 Å². The molecule has 130 valence electrons. The summed E-state index contributed by atoms with van der Waals surface area (Å²) < 4.78 is 12.9. The lowest BCUT2D eigenvalue weighted by Crippen LogP contribution is -2.48. The maximum atomic E-state index is 12.9. The van der Waals surface area contributed by atoms with E-state index in [1.807, 2.05) is 0 Å². The number of aromatic nitrogens is 1. The second-order valence-electron chi connectivity index (χ2n) is 5.84. The zero-order valence-corrected chi connectivity index (χ0v) is 13.7. The van der Waals surface area contributed by atoms with Crippen LogP contribution in [0.1, 0.15) is 16.1 Å². The number of hydrogen-bond acceptors (Lipinski definition) is 4. The normalized spacial score (nSPS) is 14.3. The number of pyridine rings is 1. The first-order valence-electron chi connectivity index (χ1n) is 8.09. The van der Waals surface area contributed by atoms with E-state index in [9.17, 15) is 14.0 Å². The van der Waals surface area contributed by atoms with Gasteiger partial charge in [0, 0.05) is 44.6 Å². The number of carbonyl (C=O) groups is 2. The van der Waals surface area contributed by atoms with Gasteiger partial charge in [-0.15, -0.1) is 0 Å². The lowest BCUT2D eigenvalue weighted by molar-refractivity contribution is -0.119. The highest BCUT2D eigenvalue weighted by Crippen LogP contribution is 2.13. The lowest BCUT2D eigenvalue weighted by atomic mass is 10.2. The number of piperazine rings is 1. The first kappa shape index (κ1) is 16.9. The van der Waals surface area contributed by atoms with Crippen LogP contribution in [0.3, 0.4) is 0 Å². The molecule has 0 bridgehead atoms. The summed E-state index contributed by atoms with van der Waals surface area (Å²) in [6, 6.07) is 9.74. The van der Waals surface area contributed by atoms with Crippen molar-refractivity contribution in [3.63, 3.8) is 0 Å². The van der Waals surface area contributed by atoms with E-state index in [0.29, 0.717) is 38.4 Å². The summed E-state index contributed by atoms with van der Waals surface area (Å²) in [5, 5.41) is 3.21. The Labute approximate surface area is 145 Å². The first-order valence-corrected chi connectivity index (χ1v) is 8.09. The Morgan fingerprint density at radius 1 is 1.16 bits per heavy atom. The third kappa shape index (κ3) is 4.32. The molecule has 2 aromatic rings. The van der Waals surface area contributed by atoms with E-state index in [-0.39, 0.29) is 11.7 Å². The summed E-state index contributed by atoms with van der Waals surface area (Å²) in [6.45, 7) is 2.62. The average Bonchev–Trinajstić information content (AvgIpc) is 2.67. The molecule has 6 nitrogen and oxygen atoms in total. The van der Waals surface area contributed by atoms with E-state index in [1.54, 1.807) is 40.3 Å². The minimum Gasteiger partial charge on any atom is -0.381 e. The Balaban J connectivity index is 1.61. The third-order valence-electron chi connectivity index (χ3n) is 4.14. The first-order chi connectivity index (χ1) is 12.2. The second kappa shape index (κ2) is 7.74. The Hall–Kier alpha value is -2.96. The Kier molecular flexibility index (Phi) is 5.23. The van der Waals surface area contributed by atoms with Crippen molar-refractivity contribution >= 4 is 18.0 Å². The standard InChI is InChI=1S/C18H19FN4O2/c19-15-3-1-14(2-4-15)12-21-16-5-6-20-17(11-16)18(25)23-9-7-22(13-24)8-10-23/h1-6,11,13H,7-10,12H2,(H,20,21). The largest absolute Gasteiger partial charge is 0.381 e. The molecular formula is C18H19FN4O2. The van der Waals surface area contributed by atoms with Crippen LogP contribution in [0.2, 0.25) is 0 Å². The minimum atomic E-state index is -0.268. The van der Waals surface area contributed by atoms with E-state index in [4.69, 9.17) is 0 Å². The number of benzene rings is 1. The van der Waals surface area contributed by atoms with Crippen LogP contribution >= 0.6 is 0 Å². The summed E-state index contributed by atoms with van der Waals surface area (Å²) in [5.74, 6) is -0.411. The van der Waals surface area contributed by atoms with E-state index in [2.05, 4.69) is 10.3 Å². The number of nitrogens with zero attached hydrogens (tertiary/aromatic N) is 3. The van der Waals surface area contributed by atoms with Crippen LogP contribution in [0.15, 0.2) is 42.6 Å². The molecule has 1 aliphatic heterocycles. The number of anilines is 1. The van der Waals surface area contributed by atoms with Crippen molar-refractivity contribution in [2.75, 3.05) is 31.5 Å². The molecular weight excluding hydrogens is 323 g/mol. The fourth-order valence-corrected chi connectivity index (χ4v) is 2.66. The van der Waals surface area contributed by atoms with Crippen LogP contribution in [0.25, 0.3) is 0 Å². The average molecular weight is 342 g/mol. The zero-order valence-electron chi connectivity index (χ0n) is 13.7. The summed E-state index contributed by atoms with van der Waals surface area (Å²) >= 11 is 0. The van der Waals surface area contributed by atoms with Gasteiger partial charge in [-0.1, -0.05) is 12.1 Å². The molecule has 3 rings (SSSR count). The van der Waals surface area contributed by atoms with E-state index < -0.39 is 0 Å². The highest BCUT2D eigenvalue weighted by Gasteiger charge is 2.22. The van der Waals surface area contributed by atoms with Gasteiger partial charge >= 0.3 is 0 Å². The molecule has 0 aliphatic carbocycles. The van der Waals surface area contributed by atoms with Crippen LogP contribution in [0.5, 0.6) is 0 Å². The molecule has 1 aliphatic rings. The fraction of sp³-hybridized carbons (Fsp3) is 0.278. The van der Waals surface area contributed by atoms with Crippen LogP contribution in [-0.2, 0) is 11.3 Å². The molecule has 1 aromatic carbocycles. The van der Waals surface area contributed by atoms with Gasteiger partial charge in [0.2, 0.25) is 6.41 Å². The quantitative estimate of drug-likeness (QED) is 0.841. The molecule has 7 heteroatoms. The van der Waals surface area contributed by atoms with E-state index >= 15 is 0 Å². The van der Waals surface area contributed by atoms with Crippen molar-refractivity contribution < 1.29 is 14.0 Å².